The number of hydrogen-bond donors (Lipinski definition) is 8. The minimum Gasteiger partial charge on any atom is -0.480 e. The van der Waals surface area contributed by atoms with Gasteiger partial charge in [0.15, 0.2) is 0 Å². The molecule has 4 atom stereocenters. The fraction of sp³-hybridized carbons (Fsp3) is 0.394. The van der Waals surface area contributed by atoms with E-state index >= 15 is 0 Å². The Bertz CT molecular complexity index is 1630. The van der Waals surface area contributed by atoms with Gasteiger partial charge in [0.1, 0.15) is 18.1 Å². The highest BCUT2D eigenvalue weighted by atomic mass is 16.4. The number of aliphatic carboxylic acids is 1. The molecule has 240 valence electrons. The van der Waals surface area contributed by atoms with Crippen molar-refractivity contribution in [2.75, 3.05) is 6.54 Å². The van der Waals surface area contributed by atoms with E-state index in [1.807, 2.05) is 54.7 Å². The van der Waals surface area contributed by atoms with Crippen LogP contribution in [0, 0.1) is 5.92 Å². The average Bonchev–Trinajstić information content (AvgIpc) is 3.62. The Hall–Kier alpha value is -4.68. The summed E-state index contributed by atoms with van der Waals surface area (Å²) in [6, 6.07) is 11.0. The summed E-state index contributed by atoms with van der Waals surface area (Å²) < 4.78 is 0. The number of H-pyrrole nitrogens is 2. The summed E-state index contributed by atoms with van der Waals surface area (Å²) in [4.78, 5) is 58.5. The number of carbonyl (C=O) groups is 4. The molecule has 0 saturated carbocycles. The third-order valence-electron chi connectivity index (χ3n) is 7.99. The van der Waals surface area contributed by atoms with E-state index < -0.39 is 47.9 Å². The zero-order valence-electron chi connectivity index (χ0n) is 25.6. The van der Waals surface area contributed by atoms with Crippen LogP contribution < -0.4 is 27.4 Å². The molecular formula is C33H43N7O5. The van der Waals surface area contributed by atoms with Crippen LogP contribution in [0.2, 0.25) is 0 Å². The Morgan fingerprint density at radius 2 is 1.31 bits per heavy atom. The van der Waals surface area contributed by atoms with Crippen LogP contribution in [-0.4, -0.2) is 69.5 Å². The van der Waals surface area contributed by atoms with E-state index in [0.717, 1.165) is 32.9 Å². The number of nitrogens with one attached hydrogen (secondary N) is 5. The smallest absolute Gasteiger partial charge is 0.326 e. The van der Waals surface area contributed by atoms with Crippen LogP contribution in [0.1, 0.15) is 44.2 Å². The summed E-state index contributed by atoms with van der Waals surface area (Å²) in [6.07, 6.45) is 5.36. The zero-order valence-corrected chi connectivity index (χ0v) is 25.6. The topological polar surface area (TPSA) is 208 Å². The number of benzene rings is 2. The van der Waals surface area contributed by atoms with Crippen LogP contribution >= 0.6 is 0 Å². The Labute approximate surface area is 261 Å². The lowest BCUT2D eigenvalue weighted by Crippen LogP contribution is -2.58. The molecule has 0 spiro atoms. The number of unbranched alkanes of at least 4 members (excludes halogenated alkanes) is 1. The molecule has 3 amide bonds. The SMILES string of the molecule is CC(C)C(NC(=O)C(CCCCN)NC(=O)C(N)Cc1c[nH]c2ccccc12)C(=O)NC(Cc1c[nH]c2ccccc12)C(=O)O. The summed E-state index contributed by atoms with van der Waals surface area (Å²) >= 11 is 0. The minimum absolute atomic E-state index is 0.0515. The van der Waals surface area contributed by atoms with Gasteiger partial charge in [0, 0.05) is 40.6 Å². The van der Waals surface area contributed by atoms with Gasteiger partial charge in [-0.2, -0.15) is 0 Å². The number of carboxylic acid groups (broad SMARTS) is 1. The number of fused-ring (bicyclic) bond motifs is 2. The molecule has 45 heavy (non-hydrogen) atoms. The molecule has 12 nitrogen and oxygen atoms in total. The molecule has 0 aliphatic rings. The van der Waals surface area contributed by atoms with Gasteiger partial charge >= 0.3 is 5.97 Å². The summed E-state index contributed by atoms with van der Waals surface area (Å²) in [7, 11) is 0. The molecule has 4 rings (SSSR count). The number of amides is 3. The number of nitrogens with two attached hydrogens (primary N) is 2. The van der Waals surface area contributed by atoms with Crippen molar-refractivity contribution >= 4 is 45.5 Å². The molecule has 0 bridgehead atoms. The molecule has 0 saturated heterocycles. The van der Waals surface area contributed by atoms with Crippen molar-refractivity contribution in [1.29, 1.82) is 0 Å². The summed E-state index contributed by atoms with van der Waals surface area (Å²) in [5.41, 5.74) is 15.4. The van der Waals surface area contributed by atoms with Gasteiger partial charge in [-0.05, 0) is 61.4 Å². The lowest BCUT2D eigenvalue weighted by molar-refractivity contribution is -0.142. The molecule has 0 fully saturated rings. The predicted molar refractivity (Wildman–Crippen MR) is 173 cm³/mol. The van der Waals surface area contributed by atoms with Crippen molar-refractivity contribution in [3.05, 3.63) is 72.1 Å². The molecule has 0 aliphatic heterocycles. The van der Waals surface area contributed by atoms with E-state index in [4.69, 9.17) is 11.5 Å². The quantitative estimate of drug-likeness (QED) is 0.0877. The number of carboxylic acids is 1. The highest BCUT2D eigenvalue weighted by Crippen LogP contribution is 2.20. The Kier molecular flexibility index (Phi) is 11.3. The van der Waals surface area contributed by atoms with E-state index in [9.17, 15) is 24.3 Å². The Morgan fingerprint density at radius 3 is 1.87 bits per heavy atom. The first-order chi connectivity index (χ1) is 21.6. The Morgan fingerprint density at radius 1 is 0.756 bits per heavy atom. The highest BCUT2D eigenvalue weighted by molar-refractivity contribution is 5.95. The molecular weight excluding hydrogens is 574 g/mol. The number of para-hydroxylation sites is 2. The van der Waals surface area contributed by atoms with Gasteiger partial charge in [0.25, 0.3) is 0 Å². The number of hydrogen-bond acceptors (Lipinski definition) is 6. The molecule has 4 unspecified atom stereocenters. The van der Waals surface area contributed by atoms with Gasteiger partial charge in [-0.3, -0.25) is 14.4 Å². The van der Waals surface area contributed by atoms with E-state index in [2.05, 4.69) is 25.9 Å². The molecule has 4 aromatic rings. The summed E-state index contributed by atoms with van der Waals surface area (Å²) in [5, 5.41) is 19.9. The van der Waals surface area contributed by atoms with Crippen molar-refractivity contribution in [2.24, 2.45) is 17.4 Å². The summed E-state index contributed by atoms with van der Waals surface area (Å²) in [6.45, 7) is 3.92. The maximum Gasteiger partial charge on any atom is 0.326 e. The normalized spacial score (nSPS) is 14.2. The molecule has 12 heteroatoms. The first-order valence-electron chi connectivity index (χ1n) is 15.3. The molecule has 10 N–H and O–H groups in total. The highest BCUT2D eigenvalue weighted by Gasteiger charge is 2.32. The lowest BCUT2D eigenvalue weighted by Gasteiger charge is -2.27. The second-order valence-electron chi connectivity index (χ2n) is 11.7. The van der Waals surface area contributed by atoms with Crippen molar-refractivity contribution < 1.29 is 24.3 Å². The van der Waals surface area contributed by atoms with Gasteiger partial charge in [0.2, 0.25) is 17.7 Å². The summed E-state index contributed by atoms with van der Waals surface area (Å²) in [5.74, 6) is -3.26. The minimum atomic E-state index is -1.22. The predicted octanol–water partition coefficient (Wildman–Crippen LogP) is 2.09. The van der Waals surface area contributed by atoms with E-state index in [0.29, 0.717) is 25.8 Å². The second kappa shape index (κ2) is 15.4. The van der Waals surface area contributed by atoms with Crippen LogP contribution in [0.5, 0.6) is 0 Å². The van der Waals surface area contributed by atoms with Crippen LogP contribution in [0.4, 0.5) is 0 Å². The molecule has 2 aromatic heterocycles. The third kappa shape index (κ3) is 8.49. The van der Waals surface area contributed by atoms with Crippen molar-refractivity contribution in [3.63, 3.8) is 0 Å². The van der Waals surface area contributed by atoms with Crippen LogP contribution in [0.15, 0.2) is 60.9 Å². The second-order valence-corrected chi connectivity index (χ2v) is 11.7. The first kappa shape index (κ1) is 33.2. The fourth-order valence-corrected chi connectivity index (χ4v) is 5.44. The van der Waals surface area contributed by atoms with E-state index in [1.165, 1.54) is 0 Å². The van der Waals surface area contributed by atoms with Crippen LogP contribution in [-0.2, 0) is 32.0 Å². The van der Waals surface area contributed by atoms with Crippen molar-refractivity contribution in [3.8, 4) is 0 Å². The fourth-order valence-electron chi connectivity index (χ4n) is 5.44. The van der Waals surface area contributed by atoms with Gasteiger partial charge < -0.3 is 42.5 Å². The van der Waals surface area contributed by atoms with Crippen LogP contribution in [0.3, 0.4) is 0 Å². The van der Waals surface area contributed by atoms with Crippen molar-refractivity contribution in [1.82, 2.24) is 25.9 Å². The Balaban J connectivity index is 1.43. The zero-order chi connectivity index (χ0) is 32.5. The number of rotatable bonds is 16. The molecule has 0 aliphatic carbocycles. The molecule has 2 heterocycles. The number of aromatic amines is 2. The van der Waals surface area contributed by atoms with Gasteiger partial charge in [-0.15, -0.1) is 0 Å². The van der Waals surface area contributed by atoms with Gasteiger partial charge in [-0.25, -0.2) is 4.79 Å². The monoisotopic (exact) mass is 617 g/mol. The third-order valence-corrected chi connectivity index (χ3v) is 7.99. The molecule has 0 radical (unpaired) electrons. The maximum absolute atomic E-state index is 13.5. The first-order valence-corrected chi connectivity index (χ1v) is 15.3. The number of aromatic nitrogens is 2. The van der Waals surface area contributed by atoms with Gasteiger partial charge in [-0.1, -0.05) is 50.2 Å². The molecule has 2 aromatic carbocycles. The lowest BCUT2D eigenvalue weighted by atomic mass is 9.99. The number of carbonyl (C=O) groups excluding carboxylic acids is 3. The average molecular weight is 618 g/mol. The van der Waals surface area contributed by atoms with Crippen molar-refractivity contribution in [2.45, 2.75) is 70.1 Å². The van der Waals surface area contributed by atoms with E-state index in [1.54, 1.807) is 20.0 Å². The van der Waals surface area contributed by atoms with Gasteiger partial charge in [0.05, 0.1) is 6.04 Å². The largest absolute Gasteiger partial charge is 0.480 e. The van der Waals surface area contributed by atoms with E-state index in [-0.39, 0.29) is 18.8 Å². The van der Waals surface area contributed by atoms with Crippen LogP contribution in [0.25, 0.3) is 21.8 Å². The maximum atomic E-state index is 13.5. The standard InChI is InChI=1S/C33H43N7O5/c1-19(2)29(32(43)39-28(33(44)45)16-21-18-37-26-12-6-4-10-23(21)26)40-31(42)27(13-7-8-14-34)38-30(41)24(35)15-20-17-36-25-11-5-3-9-22(20)25/h3-6,9-12,17-19,24,27-29,36-37H,7-8,13-16,34-35H2,1-2H3,(H,38,41)(H,39,43)(H,40,42)(H,44,45).